The zero-order valence-electron chi connectivity index (χ0n) is 10.2. The number of aryl methyl sites for hydroxylation is 1. The van der Waals surface area contributed by atoms with E-state index in [1.165, 1.54) is 0 Å². The Balaban J connectivity index is 1.76. The Morgan fingerprint density at radius 2 is 2.06 bits per heavy atom. The maximum atomic E-state index is 6.02. The normalized spacial score (nSPS) is 10.1. The lowest BCUT2D eigenvalue weighted by Crippen LogP contribution is -2.11. The molecule has 0 amide bonds. The standard InChI is InChI=1S/C14H15ClN2O/c1-11-6-7-12(10-17-11)18-9-8-16-14-5-3-2-4-13(14)15/h2-7,10,16H,8-9H2,1H3. The molecular formula is C14H15ClN2O. The van der Waals surface area contributed by atoms with Crippen LogP contribution in [0.5, 0.6) is 5.75 Å². The molecule has 0 aliphatic rings. The first-order valence-corrected chi connectivity index (χ1v) is 6.17. The molecule has 0 aliphatic heterocycles. The van der Waals surface area contributed by atoms with E-state index in [0.717, 1.165) is 22.2 Å². The SMILES string of the molecule is Cc1ccc(OCCNc2ccccc2Cl)cn1. The average Bonchev–Trinajstić information content (AvgIpc) is 2.39. The number of nitrogens with one attached hydrogen (secondary N) is 1. The molecule has 0 aliphatic carbocycles. The molecule has 2 rings (SSSR count). The van der Waals surface area contributed by atoms with Crippen LogP contribution in [-0.4, -0.2) is 18.1 Å². The summed E-state index contributed by atoms with van der Waals surface area (Å²) >= 11 is 6.02. The molecule has 18 heavy (non-hydrogen) atoms. The third kappa shape index (κ3) is 3.64. The fourth-order valence-corrected chi connectivity index (χ4v) is 1.70. The van der Waals surface area contributed by atoms with Crippen molar-refractivity contribution in [1.29, 1.82) is 0 Å². The van der Waals surface area contributed by atoms with Gasteiger partial charge in [-0.15, -0.1) is 0 Å². The fraction of sp³-hybridized carbons (Fsp3) is 0.214. The van der Waals surface area contributed by atoms with Crippen molar-refractivity contribution >= 4 is 17.3 Å². The van der Waals surface area contributed by atoms with Gasteiger partial charge in [0.05, 0.1) is 16.9 Å². The van der Waals surface area contributed by atoms with E-state index in [9.17, 15) is 0 Å². The molecule has 3 nitrogen and oxygen atoms in total. The van der Waals surface area contributed by atoms with Crippen LogP contribution in [-0.2, 0) is 0 Å². The number of para-hydroxylation sites is 1. The lowest BCUT2D eigenvalue weighted by atomic mass is 10.3. The smallest absolute Gasteiger partial charge is 0.137 e. The molecular weight excluding hydrogens is 248 g/mol. The quantitative estimate of drug-likeness (QED) is 0.837. The summed E-state index contributed by atoms with van der Waals surface area (Å²) in [6.45, 7) is 3.20. The van der Waals surface area contributed by atoms with Gasteiger partial charge in [-0.3, -0.25) is 4.98 Å². The molecule has 4 heteroatoms. The number of nitrogens with zero attached hydrogens (tertiary/aromatic N) is 1. The zero-order valence-corrected chi connectivity index (χ0v) is 10.9. The second-order valence-electron chi connectivity index (χ2n) is 3.89. The minimum absolute atomic E-state index is 0.565. The number of rotatable bonds is 5. The summed E-state index contributed by atoms with van der Waals surface area (Å²) in [5.74, 6) is 0.779. The highest BCUT2D eigenvalue weighted by Crippen LogP contribution is 2.19. The number of ether oxygens (including phenoxy) is 1. The van der Waals surface area contributed by atoms with Gasteiger partial charge < -0.3 is 10.1 Å². The van der Waals surface area contributed by atoms with Crippen LogP contribution in [0.15, 0.2) is 42.6 Å². The van der Waals surface area contributed by atoms with Gasteiger partial charge in [0.25, 0.3) is 0 Å². The van der Waals surface area contributed by atoms with Gasteiger partial charge in [-0.1, -0.05) is 23.7 Å². The molecule has 0 unspecified atom stereocenters. The Morgan fingerprint density at radius 1 is 1.22 bits per heavy atom. The number of hydrogen-bond donors (Lipinski definition) is 1. The van der Waals surface area contributed by atoms with E-state index in [-0.39, 0.29) is 0 Å². The lowest BCUT2D eigenvalue weighted by Gasteiger charge is -2.09. The number of anilines is 1. The summed E-state index contributed by atoms with van der Waals surface area (Å²) < 4.78 is 5.55. The number of aromatic nitrogens is 1. The third-order valence-corrected chi connectivity index (χ3v) is 2.77. The topological polar surface area (TPSA) is 34.1 Å². The van der Waals surface area contributed by atoms with Gasteiger partial charge in [0, 0.05) is 12.2 Å². The maximum absolute atomic E-state index is 6.02. The number of pyridine rings is 1. The highest BCUT2D eigenvalue weighted by atomic mass is 35.5. The monoisotopic (exact) mass is 262 g/mol. The fourth-order valence-electron chi connectivity index (χ4n) is 1.50. The van der Waals surface area contributed by atoms with E-state index < -0.39 is 0 Å². The molecule has 0 saturated heterocycles. The first-order valence-electron chi connectivity index (χ1n) is 5.79. The highest BCUT2D eigenvalue weighted by molar-refractivity contribution is 6.33. The molecule has 94 valence electrons. The van der Waals surface area contributed by atoms with Crippen LogP contribution in [0.1, 0.15) is 5.69 Å². The number of hydrogen-bond acceptors (Lipinski definition) is 3. The van der Waals surface area contributed by atoms with E-state index in [0.29, 0.717) is 13.2 Å². The Morgan fingerprint density at radius 3 is 2.78 bits per heavy atom. The van der Waals surface area contributed by atoms with Crippen molar-refractivity contribution in [3.63, 3.8) is 0 Å². The maximum Gasteiger partial charge on any atom is 0.137 e. The second kappa shape index (κ2) is 6.26. The first-order chi connectivity index (χ1) is 8.75. The van der Waals surface area contributed by atoms with Gasteiger partial charge in [0.1, 0.15) is 12.4 Å². The average molecular weight is 263 g/mol. The van der Waals surface area contributed by atoms with Crippen molar-refractivity contribution < 1.29 is 4.74 Å². The summed E-state index contributed by atoms with van der Waals surface area (Å²) in [7, 11) is 0. The Kier molecular flexibility index (Phi) is 4.42. The van der Waals surface area contributed by atoms with Gasteiger partial charge in [0.2, 0.25) is 0 Å². The molecule has 0 radical (unpaired) electrons. The lowest BCUT2D eigenvalue weighted by molar-refractivity contribution is 0.331. The van der Waals surface area contributed by atoms with E-state index >= 15 is 0 Å². The summed E-state index contributed by atoms with van der Waals surface area (Å²) in [4.78, 5) is 4.16. The number of halogens is 1. The van der Waals surface area contributed by atoms with Gasteiger partial charge in [-0.05, 0) is 31.2 Å². The van der Waals surface area contributed by atoms with Gasteiger partial charge in [0.15, 0.2) is 0 Å². The molecule has 1 aromatic carbocycles. The molecule has 1 aromatic heterocycles. The predicted molar refractivity (Wildman–Crippen MR) is 74.4 cm³/mol. The van der Waals surface area contributed by atoms with Crippen molar-refractivity contribution in [2.75, 3.05) is 18.5 Å². The molecule has 1 N–H and O–H groups in total. The van der Waals surface area contributed by atoms with Gasteiger partial charge >= 0.3 is 0 Å². The Bertz CT molecular complexity index is 499. The summed E-state index contributed by atoms with van der Waals surface area (Å²) in [6, 6.07) is 11.5. The molecule has 0 bridgehead atoms. The summed E-state index contributed by atoms with van der Waals surface area (Å²) in [5.41, 5.74) is 1.90. The minimum Gasteiger partial charge on any atom is -0.490 e. The van der Waals surface area contributed by atoms with E-state index in [4.69, 9.17) is 16.3 Å². The second-order valence-corrected chi connectivity index (χ2v) is 4.30. The minimum atomic E-state index is 0.565. The van der Waals surface area contributed by atoms with Crippen molar-refractivity contribution in [2.45, 2.75) is 6.92 Å². The third-order valence-electron chi connectivity index (χ3n) is 2.44. The summed E-state index contributed by atoms with van der Waals surface area (Å²) in [6.07, 6.45) is 1.73. The predicted octanol–water partition coefficient (Wildman–Crippen LogP) is 3.53. The van der Waals surface area contributed by atoms with Crippen LogP contribution in [0.3, 0.4) is 0 Å². The number of benzene rings is 1. The molecule has 0 fully saturated rings. The van der Waals surface area contributed by atoms with Crippen LogP contribution in [0.25, 0.3) is 0 Å². The van der Waals surface area contributed by atoms with E-state index in [1.807, 2.05) is 43.3 Å². The van der Waals surface area contributed by atoms with Crippen LogP contribution in [0.2, 0.25) is 5.02 Å². The van der Waals surface area contributed by atoms with Crippen LogP contribution in [0.4, 0.5) is 5.69 Å². The molecule has 2 aromatic rings. The first kappa shape index (κ1) is 12.7. The van der Waals surface area contributed by atoms with E-state index in [1.54, 1.807) is 6.20 Å². The van der Waals surface area contributed by atoms with Crippen LogP contribution >= 0.6 is 11.6 Å². The van der Waals surface area contributed by atoms with E-state index in [2.05, 4.69) is 10.3 Å². The zero-order chi connectivity index (χ0) is 12.8. The highest BCUT2D eigenvalue weighted by Gasteiger charge is 1.98. The Hall–Kier alpha value is -1.74. The largest absolute Gasteiger partial charge is 0.490 e. The molecule has 0 saturated carbocycles. The van der Waals surface area contributed by atoms with Crippen LogP contribution < -0.4 is 10.1 Å². The molecule has 0 spiro atoms. The van der Waals surface area contributed by atoms with Crippen molar-refractivity contribution in [2.24, 2.45) is 0 Å². The molecule has 0 atom stereocenters. The Labute approximate surface area is 112 Å². The molecule has 1 heterocycles. The van der Waals surface area contributed by atoms with Crippen molar-refractivity contribution in [1.82, 2.24) is 4.98 Å². The van der Waals surface area contributed by atoms with Gasteiger partial charge in [-0.25, -0.2) is 0 Å². The van der Waals surface area contributed by atoms with Crippen molar-refractivity contribution in [3.8, 4) is 5.75 Å². The van der Waals surface area contributed by atoms with Crippen LogP contribution in [0, 0.1) is 6.92 Å². The summed E-state index contributed by atoms with van der Waals surface area (Å²) in [5, 5.41) is 3.93. The van der Waals surface area contributed by atoms with Crippen molar-refractivity contribution in [3.05, 3.63) is 53.3 Å². The van der Waals surface area contributed by atoms with Gasteiger partial charge in [-0.2, -0.15) is 0 Å².